The molecule has 4 aromatic rings. The van der Waals surface area contributed by atoms with Gasteiger partial charge in [-0.25, -0.2) is 14.4 Å². The molecule has 30 heavy (non-hydrogen) atoms. The van der Waals surface area contributed by atoms with Gasteiger partial charge < -0.3 is 19.4 Å². The van der Waals surface area contributed by atoms with E-state index in [4.69, 9.17) is 21.1 Å². The summed E-state index contributed by atoms with van der Waals surface area (Å²) >= 11 is 5.83. The maximum atomic E-state index is 14.2. The van der Waals surface area contributed by atoms with Crippen LogP contribution in [0.3, 0.4) is 0 Å². The van der Waals surface area contributed by atoms with Crippen molar-refractivity contribution in [1.29, 1.82) is 0 Å². The van der Waals surface area contributed by atoms with Gasteiger partial charge in [0.05, 0.1) is 24.9 Å². The zero-order chi connectivity index (χ0) is 20.9. The molecule has 0 amide bonds. The molecule has 0 aliphatic carbocycles. The highest BCUT2D eigenvalue weighted by Gasteiger charge is 2.13. The van der Waals surface area contributed by atoms with Crippen molar-refractivity contribution in [3.05, 3.63) is 72.0 Å². The molecule has 8 heteroatoms. The van der Waals surface area contributed by atoms with Crippen molar-refractivity contribution in [3.8, 4) is 11.5 Å². The first-order valence-electron chi connectivity index (χ1n) is 9.42. The van der Waals surface area contributed by atoms with E-state index in [-0.39, 0.29) is 5.69 Å². The monoisotopic (exact) mass is 426 g/mol. The Morgan fingerprint density at radius 2 is 1.93 bits per heavy atom. The summed E-state index contributed by atoms with van der Waals surface area (Å²) in [6, 6.07) is 12.0. The first-order chi connectivity index (χ1) is 14.6. The predicted molar refractivity (Wildman–Crippen MR) is 115 cm³/mol. The summed E-state index contributed by atoms with van der Waals surface area (Å²) in [6.07, 6.45) is 6.31. The number of fused-ring (bicyclic) bond motifs is 1. The highest BCUT2D eigenvalue weighted by Crippen LogP contribution is 2.35. The number of halogens is 2. The molecule has 0 aliphatic heterocycles. The van der Waals surface area contributed by atoms with Crippen LogP contribution < -0.4 is 14.8 Å². The number of aromatic nitrogens is 3. The number of aryl methyl sites for hydroxylation is 1. The van der Waals surface area contributed by atoms with Crippen LogP contribution in [0.1, 0.15) is 6.42 Å². The van der Waals surface area contributed by atoms with Gasteiger partial charge in [-0.3, -0.25) is 0 Å². The van der Waals surface area contributed by atoms with Crippen molar-refractivity contribution in [2.45, 2.75) is 13.0 Å². The van der Waals surface area contributed by atoms with Crippen molar-refractivity contribution in [2.24, 2.45) is 0 Å². The molecule has 2 aromatic heterocycles. The molecular weight excluding hydrogens is 407 g/mol. The summed E-state index contributed by atoms with van der Waals surface area (Å²) in [5, 5.41) is 4.01. The van der Waals surface area contributed by atoms with E-state index in [1.54, 1.807) is 31.4 Å². The largest absolute Gasteiger partial charge is 0.493 e. The summed E-state index contributed by atoms with van der Waals surface area (Å²) in [4.78, 5) is 8.57. The van der Waals surface area contributed by atoms with E-state index in [0.717, 1.165) is 13.0 Å². The lowest BCUT2D eigenvalue weighted by molar-refractivity contribution is 0.283. The third-order valence-electron chi connectivity index (χ3n) is 4.59. The van der Waals surface area contributed by atoms with E-state index >= 15 is 0 Å². The topological polar surface area (TPSA) is 61.2 Å². The third kappa shape index (κ3) is 4.46. The second-order valence-electron chi connectivity index (χ2n) is 6.61. The van der Waals surface area contributed by atoms with Gasteiger partial charge in [0, 0.05) is 35.4 Å². The molecule has 6 nitrogen and oxygen atoms in total. The van der Waals surface area contributed by atoms with Crippen molar-refractivity contribution < 1.29 is 13.9 Å². The molecule has 154 valence electrons. The Bertz CT molecular complexity index is 1150. The molecule has 0 aliphatic rings. The summed E-state index contributed by atoms with van der Waals surface area (Å²) < 4.78 is 27.7. The van der Waals surface area contributed by atoms with E-state index in [1.807, 2.05) is 24.5 Å². The minimum absolute atomic E-state index is 0.267. The Kier molecular flexibility index (Phi) is 5.99. The molecule has 2 aromatic carbocycles. The molecule has 0 saturated carbocycles. The van der Waals surface area contributed by atoms with Crippen LogP contribution in [0.25, 0.3) is 10.9 Å². The van der Waals surface area contributed by atoms with Crippen LogP contribution in [0.5, 0.6) is 11.5 Å². The van der Waals surface area contributed by atoms with Gasteiger partial charge in [-0.2, -0.15) is 0 Å². The first kappa shape index (κ1) is 20.0. The smallest absolute Gasteiger partial charge is 0.163 e. The summed E-state index contributed by atoms with van der Waals surface area (Å²) in [5.41, 5.74) is 0.923. The van der Waals surface area contributed by atoms with Gasteiger partial charge in [-0.1, -0.05) is 11.6 Å². The number of nitrogens with one attached hydrogen (secondary N) is 1. The van der Waals surface area contributed by atoms with Gasteiger partial charge in [-0.05, 0) is 42.8 Å². The minimum Gasteiger partial charge on any atom is -0.493 e. The fraction of sp³-hybridized carbons (Fsp3) is 0.182. The Labute approximate surface area is 178 Å². The second kappa shape index (κ2) is 9.00. The van der Waals surface area contributed by atoms with Gasteiger partial charge in [-0.15, -0.1) is 0 Å². The Hall–Kier alpha value is -3.32. The molecule has 0 saturated heterocycles. The Morgan fingerprint density at radius 1 is 1.10 bits per heavy atom. The second-order valence-corrected chi connectivity index (χ2v) is 7.05. The van der Waals surface area contributed by atoms with Crippen molar-refractivity contribution in [3.63, 3.8) is 0 Å². The van der Waals surface area contributed by atoms with Gasteiger partial charge in [0.15, 0.2) is 11.5 Å². The van der Waals surface area contributed by atoms with E-state index in [0.29, 0.717) is 39.8 Å². The van der Waals surface area contributed by atoms with Crippen LogP contribution >= 0.6 is 11.6 Å². The van der Waals surface area contributed by atoms with Crippen LogP contribution in [-0.2, 0) is 6.54 Å². The molecule has 0 radical (unpaired) electrons. The van der Waals surface area contributed by atoms with Crippen LogP contribution in [-0.4, -0.2) is 28.3 Å². The summed E-state index contributed by atoms with van der Waals surface area (Å²) in [6.45, 7) is 1.40. The van der Waals surface area contributed by atoms with Crippen molar-refractivity contribution >= 4 is 34.0 Å². The quantitative estimate of drug-likeness (QED) is 0.380. The molecule has 0 unspecified atom stereocenters. The maximum Gasteiger partial charge on any atom is 0.163 e. The van der Waals surface area contributed by atoms with E-state index < -0.39 is 5.82 Å². The van der Waals surface area contributed by atoms with Crippen LogP contribution in [0, 0.1) is 5.82 Å². The van der Waals surface area contributed by atoms with Gasteiger partial charge in [0.2, 0.25) is 0 Å². The number of methoxy groups -OCH3 is 1. The third-order valence-corrected chi connectivity index (χ3v) is 4.82. The number of hydrogen-bond acceptors (Lipinski definition) is 5. The van der Waals surface area contributed by atoms with E-state index in [2.05, 4.69) is 19.9 Å². The summed E-state index contributed by atoms with van der Waals surface area (Å²) in [7, 11) is 1.57. The van der Waals surface area contributed by atoms with Gasteiger partial charge in [0.1, 0.15) is 18.0 Å². The predicted octanol–water partition coefficient (Wildman–Crippen LogP) is 5.45. The molecule has 0 fully saturated rings. The number of ether oxygens (including phenoxy) is 2. The van der Waals surface area contributed by atoms with E-state index in [1.165, 1.54) is 12.4 Å². The lowest BCUT2D eigenvalue weighted by Gasteiger charge is -2.14. The summed E-state index contributed by atoms with van der Waals surface area (Å²) in [5.74, 6) is 1.14. The van der Waals surface area contributed by atoms with E-state index in [9.17, 15) is 4.39 Å². The Balaban J connectivity index is 1.55. The number of nitrogens with zero attached hydrogens (tertiary/aromatic N) is 3. The maximum absolute atomic E-state index is 14.2. The lowest BCUT2D eigenvalue weighted by atomic mass is 10.2. The first-order valence-corrected chi connectivity index (χ1v) is 9.80. The average Bonchev–Trinajstić information content (AvgIpc) is 3.26. The average molecular weight is 427 g/mol. The van der Waals surface area contributed by atoms with Crippen LogP contribution in [0.2, 0.25) is 5.02 Å². The van der Waals surface area contributed by atoms with Gasteiger partial charge in [0.25, 0.3) is 0 Å². The number of hydrogen-bond donors (Lipinski definition) is 1. The number of benzene rings is 2. The minimum atomic E-state index is -0.469. The molecule has 2 heterocycles. The zero-order valence-corrected chi connectivity index (χ0v) is 17.1. The molecule has 0 spiro atoms. The molecule has 0 bridgehead atoms. The fourth-order valence-electron chi connectivity index (χ4n) is 3.10. The highest BCUT2D eigenvalue weighted by molar-refractivity contribution is 6.30. The molecule has 0 atom stereocenters. The SMILES string of the molecule is COc1cc2c(Nc3ccc(Cl)cc3F)ncnc2cc1OCCCn1cccc1. The fourth-order valence-corrected chi connectivity index (χ4v) is 3.26. The molecular formula is C22H20ClFN4O2. The normalized spacial score (nSPS) is 10.9. The molecule has 4 rings (SSSR count). The zero-order valence-electron chi connectivity index (χ0n) is 16.3. The van der Waals surface area contributed by atoms with Crippen molar-refractivity contribution in [2.75, 3.05) is 19.0 Å². The lowest BCUT2D eigenvalue weighted by Crippen LogP contribution is -2.04. The van der Waals surface area contributed by atoms with Gasteiger partial charge >= 0.3 is 0 Å². The molecule has 1 N–H and O–H groups in total. The highest BCUT2D eigenvalue weighted by atomic mass is 35.5. The Morgan fingerprint density at radius 3 is 2.70 bits per heavy atom. The van der Waals surface area contributed by atoms with Crippen molar-refractivity contribution in [1.82, 2.24) is 14.5 Å². The number of anilines is 2. The number of rotatable bonds is 8. The van der Waals surface area contributed by atoms with Crippen LogP contribution in [0.4, 0.5) is 15.9 Å². The standard InChI is InChI=1S/C22H20ClFN4O2/c1-29-20-12-16-19(13-21(20)30-10-4-9-28-7-2-3-8-28)25-14-26-22(16)27-18-6-5-15(23)11-17(18)24/h2-3,5-8,11-14H,4,9-10H2,1H3,(H,25,26,27). The van der Waals surface area contributed by atoms with Crippen LogP contribution in [0.15, 0.2) is 61.2 Å².